The molecule has 1 aliphatic heterocycles. The van der Waals surface area contributed by atoms with E-state index in [4.69, 9.17) is 4.74 Å². The van der Waals surface area contributed by atoms with Crippen LogP contribution in [0.5, 0.6) is 5.75 Å². The summed E-state index contributed by atoms with van der Waals surface area (Å²) in [5, 5.41) is 0. The van der Waals surface area contributed by atoms with Crippen molar-refractivity contribution in [2.75, 3.05) is 13.7 Å². The molecular formula is C28H28F4N3O4+. The lowest BCUT2D eigenvalue weighted by atomic mass is 9.97. The number of rotatable bonds is 7. The van der Waals surface area contributed by atoms with Gasteiger partial charge in [0.15, 0.2) is 11.4 Å². The minimum Gasteiger partial charge on any atom is -0.492 e. The first kappa shape index (κ1) is 27.9. The molecule has 39 heavy (non-hydrogen) atoms. The maximum Gasteiger partial charge on any atom is 0.491 e. The molecule has 1 aromatic heterocycles. The topological polar surface area (TPSA) is 64.7 Å². The van der Waals surface area contributed by atoms with Crippen molar-refractivity contribution in [3.05, 3.63) is 83.2 Å². The Bertz CT molecular complexity index is 1400. The van der Waals surface area contributed by atoms with E-state index < -0.39 is 18.9 Å². The monoisotopic (exact) mass is 546 g/mol. The lowest BCUT2D eigenvalue weighted by Crippen LogP contribution is -2.38. The van der Waals surface area contributed by atoms with Gasteiger partial charge in [0.05, 0.1) is 13.2 Å². The number of aromatic nitrogens is 2. The van der Waals surface area contributed by atoms with Crippen LogP contribution < -0.4 is 9.30 Å². The summed E-state index contributed by atoms with van der Waals surface area (Å²) < 4.78 is 63.6. The second kappa shape index (κ2) is 11.3. The summed E-state index contributed by atoms with van der Waals surface area (Å²) in [6.07, 6.45) is 1.31. The summed E-state index contributed by atoms with van der Waals surface area (Å²) >= 11 is 0. The molecule has 0 radical (unpaired) electrons. The molecule has 206 valence electrons. The number of piperidine rings is 1. The zero-order valence-electron chi connectivity index (χ0n) is 21.7. The van der Waals surface area contributed by atoms with Crippen molar-refractivity contribution < 1.29 is 41.2 Å². The van der Waals surface area contributed by atoms with E-state index in [0.29, 0.717) is 35.7 Å². The molecule has 1 saturated heterocycles. The van der Waals surface area contributed by atoms with Crippen LogP contribution >= 0.6 is 0 Å². The molecule has 1 fully saturated rings. The Hall–Kier alpha value is -4.15. The number of carbonyl (C=O) groups is 2. The van der Waals surface area contributed by atoms with Gasteiger partial charge in [-0.25, -0.2) is 9.18 Å². The fraction of sp³-hybridized carbons (Fsp3) is 0.321. The quantitative estimate of drug-likeness (QED) is 0.180. The zero-order chi connectivity index (χ0) is 28.3. The van der Waals surface area contributed by atoms with E-state index in [1.54, 1.807) is 46.9 Å². The van der Waals surface area contributed by atoms with E-state index in [1.807, 2.05) is 19.1 Å². The van der Waals surface area contributed by atoms with Crippen LogP contribution in [0.2, 0.25) is 0 Å². The van der Waals surface area contributed by atoms with Gasteiger partial charge in [-0.2, -0.15) is 22.3 Å². The van der Waals surface area contributed by atoms with Crippen LogP contribution in [-0.2, 0) is 21.1 Å². The van der Waals surface area contributed by atoms with Crippen LogP contribution in [0, 0.1) is 12.7 Å². The van der Waals surface area contributed by atoms with Gasteiger partial charge in [0.2, 0.25) is 12.6 Å². The normalized spacial score (nSPS) is 15.9. The molecule has 0 bridgehead atoms. The van der Waals surface area contributed by atoms with Crippen LogP contribution in [0.1, 0.15) is 42.6 Å². The van der Waals surface area contributed by atoms with E-state index in [0.717, 1.165) is 17.5 Å². The number of esters is 1. The van der Waals surface area contributed by atoms with Gasteiger partial charge in [-0.05, 0) is 61.2 Å². The number of hydrogen-bond donors (Lipinski definition) is 0. The molecule has 0 aliphatic carbocycles. The molecule has 11 heteroatoms. The number of hydrogen-bond acceptors (Lipinski definition) is 4. The largest absolute Gasteiger partial charge is 0.492 e. The van der Waals surface area contributed by atoms with E-state index in [9.17, 15) is 27.2 Å². The fourth-order valence-electron chi connectivity index (χ4n) is 4.48. The summed E-state index contributed by atoms with van der Waals surface area (Å²) in [6, 6.07) is 11.3. The molecule has 3 aromatic rings. The molecular weight excluding hydrogens is 518 g/mol. The molecule has 2 heterocycles. The molecule has 0 spiro atoms. The van der Waals surface area contributed by atoms with Gasteiger partial charge in [-0.3, -0.25) is 4.79 Å². The minimum absolute atomic E-state index is 0.0865. The average molecular weight is 547 g/mol. The summed E-state index contributed by atoms with van der Waals surface area (Å²) in [5.74, 6) is -2.21. The van der Waals surface area contributed by atoms with Crippen molar-refractivity contribution in [1.82, 2.24) is 9.47 Å². The van der Waals surface area contributed by atoms with Gasteiger partial charge in [0.1, 0.15) is 17.7 Å². The summed E-state index contributed by atoms with van der Waals surface area (Å²) in [5.41, 5.74) is 3.40. The fourth-order valence-corrected chi connectivity index (χ4v) is 4.48. The van der Waals surface area contributed by atoms with Crippen LogP contribution in [-0.4, -0.2) is 41.2 Å². The Labute approximate surface area is 222 Å². The van der Waals surface area contributed by atoms with Crippen molar-refractivity contribution in [3.63, 3.8) is 0 Å². The van der Waals surface area contributed by atoms with E-state index in [1.165, 1.54) is 30.1 Å². The molecule has 1 aliphatic rings. The smallest absolute Gasteiger partial charge is 0.491 e. The first-order valence-electron chi connectivity index (χ1n) is 12.3. The Morgan fingerprint density at radius 1 is 1.18 bits per heavy atom. The first-order valence-corrected chi connectivity index (χ1v) is 12.3. The number of halogens is 4. The maximum absolute atomic E-state index is 13.3. The maximum atomic E-state index is 13.3. The van der Waals surface area contributed by atoms with Crippen molar-refractivity contribution in [1.29, 1.82) is 0 Å². The number of likely N-dealkylation sites (tertiary alicyclic amines) is 1. The standard InChI is InChI=1S/C28H28F4N3O4/c1-18-15-33(16-34(18)17-39-27(37)28(30,31)32)24-11-6-20(14-25(24)38-3)13-22-5-4-12-35(26(22)36)19(2)21-7-9-23(29)10-8-21/h6-11,13-16,19H,4-5,12,17H2,1-3H3/q+1/b22-13+/t19-/m0/s1. The third kappa shape index (κ3) is 6.30. The number of alkyl halides is 3. The highest BCUT2D eigenvalue weighted by Crippen LogP contribution is 2.30. The predicted octanol–water partition coefficient (Wildman–Crippen LogP) is 5.05. The Balaban J connectivity index is 1.53. The molecule has 1 atom stereocenters. The average Bonchev–Trinajstić information content (AvgIpc) is 3.27. The SMILES string of the molecule is COc1cc(/C=C2\CCCN([C@@H](C)c3ccc(F)cc3)C2=O)ccc1-[n+]1cc(C)n(COC(=O)C(F)(F)F)c1. The molecule has 1 amide bonds. The highest BCUT2D eigenvalue weighted by atomic mass is 19.4. The lowest BCUT2D eigenvalue weighted by molar-refractivity contribution is -0.596. The van der Waals surface area contributed by atoms with Crippen molar-refractivity contribution in [2.45, 2.75) is 45.6 Å². The summed E-state index contributed by atoms with van der Waals surface area (Å²) in [4.78, 5) is 26.1. The molecule has 0 saturated carbocycles. The third-order valence-corrected chi connectivity index (χ3v) is 6.63. The highest BCUT2D eigenvalue weighted by Gasteiger charge is 2.41. The van der Waals surface area contributed by atoms with E-state index >= 15 is 0 Å². The van der Waals surface area contributed by atoms with Crippen LogP contribution in [0.3, 0.4) is 0 Å². The predicted molar refractivity (Wildman–Crippen MR) is 133 cm³/mol. The third-order valence-electron chi connectivity index (χ3n) is 6.63. The van der Waals surface area contributed by atoms with Gasteiger partial charge in [0, 0.05) is 19.0 Å². The van der Waals surface area contributed by atoms with E-state index in [-0.39, 0.29) is 17.8 Å². The Morgan fingerprint density at radius 2 is 1.90 bits per heavy atom. The number of methoxy groups -OCH3 is 1. The highest BCUT2D eigenvalue weighted by molar-refractivity contribution is 5.98. The number of carbonyl (C=O) groups excluding carboxylic acids is 2. The van der Waals surface area contributed by atoms with Gasteiger partial charge in [-0.1, -0.05) is 18.2 Å². The van der Waals surface area contributed by atoms with Crippen molar-refractivity contribution >= 4 is 18.0 Å². The summed E-state index contributed by atoms with van der Waals surface area (Å²) in [6.45, 7) is 3.58. The van der Waals surface area contributed by atoms with Gasteiger partial charge in [0.25, 0.3) is 6.33 Å². The molecule has 7 nitrogen and oxygen atoms in total. The Morgan fingerprint density at radius 3 is 2.56 bits per heavy atom. The molecule has 2 aromatic carbocycles. The van der Waals surface area contributed by atoms with Crippen molar-refractivity contribution in [3.8, 4) is 11.4 Å². The first-order chi connectivity index (χ1) is 18.5. The number of imidazole rings is 1. The molecule has 0 unspecified atom stereocenters. The van der Waals surface area contributed by atoms with Gasteiger partial charge in [-0.15, -0.1) is 0 Å². The Kier molecular flexibility index (Phi) is 8.08. The van der Waals surface area contributed by atoms with Crippen LogP contribution in [0.25, 0.3) is 11.8 Å². The van der Waals surface area contributed by atoms with Crippen LogP contribution in [0.15, 0.2) is 60.6 Å². The number of benzene rings is 2. The van der Waals surface area contributed by atoms with Gasteiger partial charge < -0.3 is 14.4 Å². The number of ether oxygens (including phenoxy) is 2. The lowest BCUT2D eigenvalue weighted by Gasteiger charge is -2.34. The van der Waals surface area contributed by atoms with Crippen molar-refractivity contribution in [2.24, 2.45) is 0 Å². The number of amides is 1. The number of aryl methyl sites for hydroxylation is 1. The van der Waals surface area contributed by atoms with E-state index in [2.05, 4.69) is 4.74 Å². The molecule has 4 rings (SSSR count). The second-order valence-corrected chi connectivity index (χ2v) is 9.25. The van der Waals surface area contributed by atoms with Gasteiger partial charge >= 0.3 is 12.1 Å². The minimum atomic E-state index is -5.07. The zero-order valence-corrected chi connectivity index (χ0v) is 21.7. The van der Waals surface area contributed by atoms with Crippen LogP contribution in [0.4, 0.5) is 17.6 Å². The summed E-state index contributed by atoms with van der Waals surface area (Å²) in [7, 11) is 1.49. The number of nitrogens with zero attached hydrogens (tertiary/aromatic N) is 3. The molecule has 0 N–H and O–H groups in total. The second-order valence-electron chi connectivity index (χ2n) is 9.25.